The van der Waals surface area contributed by atoms with Crippen molar-refractivity contribution in [2.24, 2.45) is 0 Å². The Bertz CT molecular complexity index is 926. The number of aryl methyl sites for hydroxylation is 1. The van der Waals surface area contributed by atoms with Crippen molar-refractivity contribution in [3.8, 4) is 5.75 Å². The maximum atomic E-state index is 12.7. The fraction of sp³-hybridized carbons (Fsp3) is 0.474. The van der Waals surface area contributed by atoms with Crippen molar-refractivity contribution >= 4 is 21.7 Å². The molecule has 1 atom stereocenters. The van der Waals surface area contributed by atoms with Gasteiger partial charge in [-0.2, -0.15) is 5.10 Å². The molecule has 0 spiro atoms. The predicted molar refractivity (Wildman–Crippen MR) is 107 cm³/mol. The van der Waals surface area contributed by atoms with Crippen LogP contribution in [0.4, 0.5) is 10.6 Å². The molecule has 28 heavy (non-hydrogen) atoms. The first kappa shape index (κ1) is 20.2. The van der Waals surface area contributed by atoms with E-state index in [0.29, 0.717) is 12.4 Å². The Hall–Kier alpha value is -2.55. The average molecular weight is 407 g/mol. The van der Waals surface area contributed by atoms with Crippen LogP contribution in [0.25, 0.3) is 0 Å². The fourth-order valence-electron chi connectivity index (χ4n) is 3.38. The lowest BCUT2D eigenvalue weighted by Gasteiger charge is -2.24. The van der Waals surface area contributed by atoms with Crippen LogP contribution in [0.5, 0.6) is 5.75 Å². The minimum absolute atomic E-state index is 0.0107. The largest absolute Gasteiger partial charge is 0.497 e. The number of hydrogen-bond acceptors (Lipinski definition) is 5. The molecule has 0 radical (unpaired) electrons. The van der Waals surface area contributed by atoms with E-state index in [4.69, 9.17) is 4.74 Å². The zero-order valence-corrected chi connectivity index (χ0v) is 17.0. The number of benzene rings is 1. The van der Waals surface area contributed by atoms with Gasteiger partial charge in [0.05, 0.1) is 19.4 Å². The highest BCUT2D eigenvalue weighted by Crippen LogP contribution is 2.23. The quantitative estimate of drug-likeness (QED) is 0.761. The summed E-state index contributed by atoms with van der Waals surface area (Å²) in [5.41, 5.74) is 1.13. The van der Waals surface area contributed by atoms with E-state index in [2.05, 4.69) is 10.4 Å². The molecular weight excluding hydrogens is 380 g/mol. The minimum atomic E-state index is -3.06. The second kappa shape index (κ2) is 8.64. The molecule has 1 aromatic carbocycles. The van der Waals surface area contributed by atoms with E-state index < -0.39 is 9.84 Å². The summed E-state index contributed by atoms with van der Waals surface area (Å²) in [5, 5.41) is 7.05. The number of nitrogens with one attached hydrogen (secondary N) is 1. The van der Waals surface area contributed by atoms with Crippen LogP contribution in [0.3, 0.4) is 0 Å². The molecule has 1 aliphatic heterocycles. The summed E-state index contributed by atoms with van der Waals surface area (Å²) in [7, 11) is -1.41. The van der Waals surface area contributed by atoms with Crippen molar-refractivity contribution in [3.05, 3.63) is 42.1 Å². The number of carbonyl (C=O) groups excluding carboxylic acids is 1. The number of aromatic nitrogens is 2. The predicted octanol–water partition coefficient (Wildman–Crippen LogP) is 2.18. The van der Waals surface area contributed by atoms with Crippen molar-refractivity contribution in [2.45, 2.75) is 31.8 Å². The number of hydrogen-bond donors (Lipinski definition) is 1. The van der Waals surface area contributed by atoms with E-state index in [1.807, 2.05) is 29.2 Å². The maximum absolute atomic E-state index is 12.7. The molecule has 2 heterocycles. The SMILES string of the molecule is COc1cccc(CC2CCCN2C(=O)Nc2ccn(CCS(C)(=O)=O)n2)c1. The van der Waals surface area contributed by atoms with Gasteiger partial charge in [-0.3, -0.25) is 10.00 Å². The Morgan fingerprint density at radius 1 is 1.36 bits per heavy atom. The van der Waals surface area contributed by atoms with Crippen molar-refractivity contribution in [3.63, 3.8) is 0 Å². The monoisotopic (exact) mass is 406 g/mol. The summed E-state index contributed by atoms with van der Waals surface area (Å²) in [6.45, 7) is 0.964. The molecule has 152 valence electrons. The molecule has 8 nitrogen and oxygen atoms in total. The lowest BCUT2D eigenvalue weighted by Crippen LogP contribution is -2.39. The summed E-state index contributed by atoms with van der Waals surface area (Å²) in [5.74, 6) is 1.24. The van der Waals surface area contributed by atoms with Gasteiger partial charge in [-0.1, -0.05) is 12.1 Å². The smallest absolute Gasteiger partial charge is 0.323 e. The van der Waals surface area contributed by atoms with Gasteiger partial charge in [0, 0.05) is 31.1 Å². The molecule has 0 saturated carbocycles. The molecule has 0 aliphatic carbocycles. The van der Waals surface area contributed by atoms with Gasteiger partial charge >= 0.3 is 6.03 Å². The summed E-state index contributed by atoms with van der Waals surface area (Å²) in [6.07, 6.45) is 5.54. The van der Waals surface area contributed by atoms with Gasteiger partial charge in [0.1, 0.15) is 15.6 Å². The van der Waals surface area contributed by atoms with E-state index >= 15 is 0 Å². The van der Waals surface area contributed by atoms with E-state index in [1.54, 1.807) is 19.4 Å². The van der Waals surface area contributed by atoms with Crippen LogP contribution in [0.2, 0.25) is 0 Å². The van der Waals surface area contributed by atoms with Crippen molar-refractivity contribution in [1.29, 1.82) is 0 Å². The Kier molecular flexibility index (Phi) is 6.23. The van der Waals surface area contributed by atoms with Gasteiger partial charge in [0.25, 0.3) is 0 Å². The molecule has 1 fully saturated rings. The van der Waals surface area contributed by atoms with E-state index in [9.17, 15) is 13.2 Å². The lowest BCUT2D eigenvalue weighted by atomic mass is 10.0. The molecule has 1 saturated heterocycles. The Balaban J connectivity index is 1.59. The van der Waals surface area contributed by atoms with Gasteiger partial charge in [-0.15, -0.1) is 0 Å². The normalized spacial score (nSPS) is 16.9. The fourth-order valence-corrected chi connectivity index (χ4v) is 3.90. The number of amides is 2. The first-order chi connectivity index (χ1) is 13.3. The first-order valence-electron chi connectivity index (χ1n) is 9.26. The Morgan fingerprint density at radius 2 is 2.18 bits per heavy atom. The highest BCUT2D eigenvalue weighted by molar-refractivity contribution is 7.90. The molecule has 1 aromatic heterocycles. The highest BCUT2D eigenvalue weighted by atomic mass is 32.2. The number of nitrogens with zero attached hydrogens (tertiary/aromatic N) is 3. The molecule has 1 aliphatic rings. The Labute approximate surface area is 165 Å². The average Bonchev–Trinajstić information content (AvgIpc) is 3.29. The third-order valence-electron chi connectivity index (χ3n) is 4.81. The zero-order chi connectivity index (χ0) is 20.1. The van der Waals surface area contributed by atoms with Gasteiger partial charge in [-0.25, -0.2) is 13.2 Å². The molecule has 2 aromatic rings. The van der Waals surface area contributed by atoms with Crippen LogP contribution >= 0.6 is 0 Å². The van der Waals surface area contributed by atoms with E-state index in [1.165, 1.54) is 10.9 Å². The van der Waals surface area contributed by atoms with Crippen molar-refractivity contribution in [2.75, 3.05) is 31.0 Å². The summed E-state index contributed by atoms with van der Waals surface area (Å²) >= 11 is 0. The molecular formula is C19H26N4O4S. The second-order valence-corrected chi connectivity index (χ2v) is 9.33. The number of urea groups is 1. The Morgan fingerprint density at radius 3 is 2.93 bits per heavy atom. The van der Waals surface area contributed by atoms with Crippen LogP contribution in [0.1, 0.15) is 18.4 Å². The van der Waals surface area contributed by atoms with Crippen LogP contribution in [0, 0.1) is 0 Å². The van der Waals surface area contributed by atoms with Gasteiger partial charge in [0.2, 0.25) is 0 Å². The number of rotatable bonds is 7. The number of methoxy groups -OCH3 is 1. The number of anilines is 1. The number of likely N-dealkylation sites (tertiary alicyclic amines) is 1. The highest BCUT2D eigenvalue weighted by Gasteiger charge is 2.29. The standard InChI is InChI=1S/C19H26N4O4S/c1-27-17-7-3-5-15(14-17)13-16-6-4-9-23(16)19(24)20-18-8-10-22(21-18)11-12-28(2,25)26/h3,5,7-8,10,14,16H,4,6,9,11-13H2,1-2H3,(H,20,21,24). The maximum Gasteiger partial charge on any atom is 0.323 e. The third kappa shape index (κ3) is 5.48. The minimum Gasteiger partial charge on any atom is -0.497 e. The number of sulfone groups is 1. The van der Waals surface area contributed by atoms with Crippen LogP contribution in [-0.2, 0) is 22.8 Å². The van der Waals surface area contributed by atoms with Gasteiger partial charge in [-0.05, 0) is 37.0 Å². The lowest BCUT2D eigenvalue weighted by molar-refractivity contribution is 0.206. The zero-order valence-electron chi connectivity index (χ0n) is 16.2. The molecule has 9 heteroatoms. The van der Waals surface area contributed by atoms with Gasteiger partial charge < -0.3 is 9.64 Å². The van der Waals surface area contributed by atoms with Crippen LogP contribution in [0.15, 0.2) is 36.5 Å². The number of carbonyl (C=O) groups is 1. The molecule has 2 amide bonds. The molecule has 3 rings (SSSR count). The summed E-state index contributed by atoms with van der Waals surface area (Å²) in [6, 6.07) is 9.52. The molecule has 0 bridgehead atoms. The second-order valence-electron chi connectivity index (χ2n) is 7.07. The summed E-state index contributed by atoms with van der Waals surface area (Å²) in [4.78, 5) is 14.6. The van der Waals surface area contributed by atoms with Gasteiger partial charge in [0.15, 0.2) is 5.82 Å². The van der Waals surface area contributed by atoms with Crippen LogP contribution in [-0.4, -0.2) is 60.8 Å². The molecule has 1 unspecified atom stereocenters. The number of ether oxygens (including phenoxy) is 1. The third-order valence-corrected chi connectivity index (χ3v) is 5.73. The van der Waals surface area contributed by atoms with Crippen LogP contribution < -0.4 is 10.1 Å². The first-order valence-corrected chi connectivity index (χ1v) is 11.3. The molecule has 1 N–H and O–H groups in total. The summed E-state index contributed by atoms with van der Waals surface area (Å²) < 4.78 is 29.3. The van der Waals surface area contributed by atoms with E-state index in [-0.39, 0.29) is 24.4 Å². The van der Waals surface area contributed by atoms with Crippen molar-refractivity contribution in [1.82, 2.24) is 14.7 Å². The van der Waals surface area contributed by atoms with Crippen molar-refractivity contribution < 1.29 is 17.9 Å². The van der Waals surface area contributed by atoms with E-state index in [0.717, 1.165) is 30.6 Å². The topological polar surface area (TPSA) is 93.5 Å².